The summed E-state index contributed by atoms with van der Waals surface area (Å²) in [5, 5.41) is 1.54. The van der Waals surface area contributed by atoms with Gasteiger partial charge in [0.15, 0.2) is 0 Å². The van der Waals surface area contributed by atoms with Crippen molar-refractivity contribution in [3.05, 3.63) is 0 Å². The number of amides is 1. The van der Waals surface area contributed by atoms with Crippen molar-refractivity contribution in [2.45, 2.75) is 58.4 Å². The Morgan fingerprint density at radius 1 is 1.28 bits per heavy atom. The molecular formula is C11H18F3NO3. The van der Waals surface area contributed by atoms with Crippen LogP contribution in [0.15, 0.2) is 0 Å². The number of carbonyl (C=O) groups is 2. The van der Waals surface area contributed by atoms with E-state index < -0.39 is 24.1 Å². The van der Waals surface area contributed by atoms with Crippen LogP contribution in [0.1, 0.15) is 40.0 Å². The van der Waals surface area contributed by atoms with Crippen molar-refractivity contribution < 1.29 is 27.5 Å². The average molecular weight is 269 g/mol. The molecule has 1 amide bonds. The monoisotopic (exact) mass is 269 g/mol. The van der Waals surface area contributed by atoms with E-state index in [1.54, 1.807) is 12.2 Å². The van der Waals surface area contributed by atoms with E-state index >= 15 is 0 Å². The molecule has 0 aliphatic carbocycles. The Bertz CT molecular complexity index is 292. The van der Waals surface area contributed by atoms with Gasteiger partial charge in [0.1, 0.15) is 6.04 Å². The van der Waals surface area contributed by atoms with E-state index in [4.69, 9.17) is 4.74 Å². The fourth-order valence-corrected chi connectivity index (χ4v) is 1.19. The maximum absolute atomic E-state index is 11.9. The number of nitrogens with one attached hydrogen (secondary N) is 1. The largest absolute Gasteiger partial charge is 0.471 e. The molecular weight excluding hydrogens is 251 g/mol. The Balaban J connectivity index is 4.15. The van der Waals surface area contributed by atoms with Crippen LogP contribution in [0.4, 0.5) is 13.2 Å². The molecule has 106 valence electrons. The first-order chi connectivity index (χ1) is 8.18. The van der Waals surface area contributed by atoms with Gasteiger partial charge >= 0.3 is 18.1 Å². The van der Waals surface area contributed by atoms with Crippen LogP contribution >= 0.6 is 0 Å². The van der Waals surface area contributed by atoms with Gasteiger partial charge in [-0.25, -0.2) is 4.79 Å². The first-order valence-corrected chi connectivity index (χ1v) is 5.76. The smallest absolute Gasteiger partial charge is 0.461 e. The van der Waals surface area contributed by atoms with E-state index in [0.717, 1.165) is 19.8 Å². The van der Waals surface area contributed by atoms with Gasteiger partial charge in [0.25, 0.3) is 0 Å². The van der Waals surface area contributed by atoms with E-state index in [1.807, 2.05) is 6.92 Å². The first kappa shape index (κ1) is 16.7. The molecule has 0 aromatic heterocycles. The third-order valence-electron chi connectivity index (χ3n) is 2.24. The van der Waals surface area contributed by atoms with Crippen LogP contribution in [0.3, 0.4) is 0 Å². The SMILES string of the molecule is CCCCC(C)OC(=O)[C@H](C)NC(=O)C(F)(F)F. The lowest BCUT2D eigenvalue weighted by molar-refractivity contribution is -0.176. The highest BCUT2D eigenvalue weighted by molar-refractivity contribution is 5.87. The molecule has 0 aliphatic rings. The van der Waals surface area contributed by atoms with Gasteiger partial charge in [0, 0.05) is 0 Å². The number of ether oxygens (including phenoxy) is 1. The second-order valence-corrected chi connectivity index (χ2v) is 4.08. The van der Waals surface area contributed by atoms with E-state index in [-0.39, 0.29) is 6.10 Å². The number of hydrogen-bond acceptors (Lipinski definition) is 3. The predicted molar refractivity (Wildman–Crippen MR) is 58.7 cm³/mol. The minimum atomic E-state index is -5.00. The highest BCUT2D eigenvalue weighted by Gasteiger charge is 2.40. The van der Waals surface area contributed by atoms with Crippen molar-refractivity contribution in [3.63, 3.8) is 0 Å². The van der Waals surface area contributed by atoms with Crippen molar-refractivity contribution in [3.8, 4) is 0 Å². The van der Waals surface area contributed by atoms with Gasteiger partial charge in [-0.15, -0.1) is 0 Å². The summed E-state index contributed by atoms with van der Waals surface area (Å²) in [6, 6.07) is -1.32. The van der Waals surface area contributed by atoms with E-state index in [9.17, 15) is 22.8 Å². The van der Waals surface area contributed by atoms with Gasteiger partial charge in [0.05, 0.1) is 6.10 Å². The lowest BCUT2D eigenvalue weighted by atomic mass is 10.2. The maximum Gasteiger partial charge on any atom is 0.471 e. The molecule has 0 saturated carbocycles. The summed E-state index contributed by atoms with van der Waals surface area (Å²) < 4.78 is 40.7. The Morgan fingerprint density at radius 2 is 1.83 bits per heavy atom. The molecule has 0 radical (unpaired) electrons. The van der Waals surface area contributed by atoms with E-state index in [1.165, 1.54) is 0 Å². The standard InChI is InChI=1S/C11H18F3NO3/c1-4-5-6-7(2)18-9(16)8(3)15-10(17)11(12,13)14/h7-8H,4-6H2,1-3H3,(H,15,17)/t7?,8-/m0/s1. The summed E-state index contributed by atoms with van der Waals surface area (Å²) in [6.45, 7) is 4.78. The van der Waals surface area contributed by atoms with Gasteiger partial charge in [0.2, 0.25) is 0 Å². The summed E-state index contributed by atoms with van der Waals surface area (Å²) in [5.74, 6) is -3.01. The third kappa shape index (κ3) is 6.46. The van der Waals surface area contributed by atoms with Crippen LogP contribution in [0, 0.1) is 0 Å². The summed E-state index contributed by atoms with van der Waals surface area (Å²) in [5.41, 5.74) is 0. The summed E-state index contributed by atoms with van der Waals surface area (Å²) in [7, 11) is 0. The maximum atomic E-state index is 11.9. The molecule has 1 unspecified atom stereocenters. The number of hydrogen-bond donors (Lipinski definition) is 1. The van der Waals surface area contributed by atoms with Crippen LogP contribution in [0.5, 0.6) is 0 Å². The number of esters is 1. The van der Waals surface area contributed by atoms with Gasteiger partial charge < -0.3 is 10.1 Å². The molecule has 0 heterocycles. The molecule has 1 N–H and O–H groups in total. The molecule has 7 heteroatoms. The minimum Gasteiger partial charge on any atom is -0.461 e. The van der Waals surface area contributed by atoms with Crippen LogP contribution in [-0.4, -0.2) is 30.2 Å². The summed E-state index contributed by atoms with van der Waals surface area (Å²) in [4.78, 5) is 22.0. The van der Waals surface area contributed by atoms with E-state index in [2.05, 4.69) is 0 Å². The second kappa shape index (κ2) is 7.23. The molecule has 0 aromatic carbocycles. The van der Waals surface area contributed by atoms with Crippen molar-refractivity contribution >= 4 is 11.9 Å². The number of alkyl halides is 3. The summed E-state index contributed by atoms with van der Waals surface area (Å²) in [6.07, 6.45) is -2.94. The van der Waals surface area contributed by atoms with Gasteiger partial charge in [-0.05, 0) is 20.3 Å². The lowest BCUT2D eigenvalue weighted by Crippen LogP contribution is -2.46. The average Bonchev–Trinajstić information content (AvgIpc) is 2.24. The normalized spacial score (nSPS) is 14.8. The zero-order valence-corrected chi connectivity index (χ0v) is 10.6. The zero-order valence-electron chi connectivity index (χ0n) is 10.6. The summed E-state index contributed by atoms with van der Waals surface area (Å²) >= 11 is 0. The van der Waals surface area contributed by atoms with Crippen LogP contribution < -0.4 is 5.32 Å². The molecule has 0 rings (SSSR count). The molecule has 18 heavy (non-hydrogen) atoms. The van der Waals surface area contributed by atoms with Crippen molar-refractivity contribution in [2.24, 2.45) is 0 Å². The van der Waals surface area contributed by atoms with Crippen molar-refractivity contribution in [2.75, 3.05) is 0 Å². The van der Waals surface area contributed by atoms with Crippen LogP contribution in [-0.2, 0) is 14.3 Å². The quantitative estimate of drug-likeness (QED) is 0.752. The van der Waals surface area contributed by atoms with Crippen molar-refractivity contribution in [1.82, 2.24) is 5.32 Å². The number of rotatable bonds is 6. The Labute approximate surface area is 104 Å². The molecule has 0 spiro atoms. The fourth-order valence-electron chi connectivity index (χ4n) is 1.19. The Hall–Kier alpha value is -1.27. The first-order valence-electron chi connectivity index (χ1n) is 5.76. The fraction of sp³-hybridized carbons (Fsp3) is 0.818. The molecule has 0 saturated heterocycles. The zero-order chi connectivity index (χ0) is 14.3. The Morgan fingerprint density at radius 3 is 2.28 bits per heavy atom. The van der Waals surface area contributed by atoms with Gasteiger partial charge in [-0.2, -0.15) is 13.2 Å². The molecule has 2 atom stereocenters. The predicted octanol–water partition coefficient (Wildman–Crippen LogP) is 2.18. The molecule has 0 aliphatic heterocycles. The third-order valence-corrected chi connectivity index (χ3v) is 2.24. The second-order valence-electron chi connectivity index (χ2n) is 4.08. The number of carbonyl (C=O) groups excluding carboxylic acids is 2. The molecule has 0 bridgehead atoms. The Kier molecular flexibility index (Phi) is 6.72. The number of halogens is 3. The van der Waals surface area contributed by atoms with Crippen LogP contribution in [0.2, 0.25) is 0 Å². The number of unbranched alkanes of at least 4 members (excludes halogenated alkanes) is 1. The van der Waals surface area contributed by atoms with Gasteiger partial charge in [-0.1, -0.05) is 19.8 Å². The highest BCUT2D eigenvalue weighted by atomic mass is 19.4. The van der Waals surface area contributed by atoms with E-state index in [0.29, 0.717) is 6.42 Å². The van der Waals surface area contributed by atoms with Crippen molar-refractivity contribution in [1.29, 1.82) is 0 Å². The van der Waals surface area contributed by atoms with Crippen LogP contribution in [0.25, 0.3) is 0 Å². The highest BCUT2D eigenvalue weighted by Crippen LogP contribution is 2.14. The minimum absolute atomic E-state index is 0.373. The topological polar surface area (TPSA) is 55.4 Å². The molecule has 0 fully saturated rings. The molecule has 0 aromatic rings. The van der Waals surface area contributed by atoms with Gasteiger partial charge in [-0.3, -0.25) is 4.79 Å². The lowest BCUT2D eigenvalue weighted by Gasteiger charge is -2.18. The molecule has 4 nitrogen and oxygen atoms in total.